The molecule has 0 saturated carbocycles. The van der Waals surface area contributed by atoms with E-state index in [1.165, 1.54) is 6.92 Å². The van der Waals surface area contributed by atoms with Crippen LogP contribution in [-0.4, -0.2) is 21.6 Å². The van der Waals surface area contributed by atoms with E-state index in [1.54, 1.807) is 24.4 Å². The van der Waals surface area contributed by atoms with Crippen LogP contribution in [-0.2, 0) is 11.0 Å². The lowest BCUT2D eigenvalue weighted by atomic mass is 10.1. The minimum absolute atomic E-state index is 0.111. The molecule has 5 nitrogen and oxygen atoms in total. The highest BCUT2D eigenvalue weighted by atomic mass is 32.2. The molecule has 0 radical (unpaired) electrons. The quantitative estimate of drug-likeness (QED) is 0.643. The van der Waals surface area contributed by atoms with Gasteiger partial charge in [-0.05, 0) is 36.6 Å². The van der Waals surface area contributed by atoms with E-state index in [-0.39, 0.29) is 16.5 Å². The summed E-state index contributed by atoms with van der Waals surface area (Å²) in [5.41, 5.74) is -0.0793. The number of rotatable bonds is 4. The van der Waals surface area contributed by atoms with Gasteiger partial charge in [0.15, 0.2) is 0 Å². The Balaban J connectivity index is 1.75. The summed E-state index contributed by atoms with van der Waals surface area (Å²) in [6.07, 6.45) is -2.89. The van der Waals surface area contributed by atoms with E-state index in [4.69, 9.17) is 5.26 Å². The van der Waals surface area contributed by atoms with Crippen molar-refractivity contribution >= 4 is 34.3 Å². The number of alkyl halides is 3. The Morgan fingerprint density at radius 1 is 1.33 bits per heavy atom. The largest absolute Gasteiger partial charge is 0.417 e. The number of carbonyl (C=O) groups is 1. The summed E-state index contributed by atoms with van der Waals surface area (Å²) in [7, 11) is 0. The van der Waals surface area contributed by atoms with Crippen molar-refractivity contribution in [3.8, 4) is 6.07 Å². The van der Waals surface area contributed by atoms with Gasteiger partial charge in [-0.1, -0.05) is 17.8 Å². The van der Waals surface area contributed by atoms with Gasteiger partial charge < -0.3 is 10.3 Å². The topological polar surface area (TPSA) is 81.6 Å². The summed E-state index contributed by atoms with van der Waals surface area (Å²) in [5, 5.41) is 12.7. The van der Waals surface area contributed by atoms with Crippen molar-refractivity contribution in [2.45, 2.75) is 18.1 Å². The van der Waals surface area contributed by atoms with Crippen LogP contribution in [0.4, 0.5) is 18.9 Å². The van der Waals surface area contributed by atoms with Crippen molar-refractivity contribution in [1.29, 1.82) is 5.26 Å². The van der Waals surface area contributed by atoms with Gasteiger partial charge in [-0.3, -0.25) is 4.79 Å². The van der Waals surface area contributed by atoms with Crippen molar-refractivity contribution in [2.75, 3.05) is 11.1 Å². The molecule has 1 amide bonds. The molecule has 0 atom stereocenters. The monoisotopic (exact) mass is 390 g/mol. The molecule has 0 aliphatic rings. The molecule has 9 heteroatoms. The number of aryl methyl sites for hydroxylation is 1. The molecule has 3 aromatic rings. The van der Waals surface area contributed by atoms with Gasteiger partial charge in [-0.25, -0.2) is 4.98 Å². The normalized spacial score (nSPS) is 11.4. The smallest absolute Gasteiger partial charge is 0.361 e. The highest BCUT2D eigenvalue weighted by Crippen LogP contribution is 2.35. The third-order valence-corrected chi connectivity index (χ3v) is 4.69. The van der Waals surface area contributed by atoms with Gasteiger partial charge in [0.05, 0.1) is 16.9 Å². The Hall–Kier alpha value is -2.99. The number of H-pyrrole nitrogens is 1. The number of pyridine rings is 1. The Bertz CT molecular complexity index is 1050. The predicted octanol–water partition coefficient (Wildman–Crippen LogP) is 4.49. The second-order valence-corrected chi connectivity index (χ2v) is 6.68. The number of hydrogen-bond donors (Lipinski definition) is 2. The fourth-order valence-corrected chi connectivity index (χ4v) is 3.39. The minimum atomic E-state index is -4.66. The first-order valence-electron chi connectivity index (χ1n) is 7.76. The molecule has 0 unspecified atom stereocenters. The highest BCUT2D eigenvalue weighted by molar-refractivity contribution is 8.00. The average Bonchev–Trinajstić information content (AvgIpc) is 3.06. The van der Waals surface area contributed by atoms with Crippen molar-refractivity contribution in [2.24, 2.45) is 0 Å². The Kier molecular flexibility index (Phi) is 5.10. The third-order valence-electron chi connectivity index (χ3n) is 3.71. The van der Waals surface area contributed by atoms with Crippen LogP contribution in [0.15, 0.2) is 41.6 Å². The van der Waals surface area contributed by atoms with Crippen molar-refractivity contribution in [3.05, 3.63) is 53.3 Å². The molecule has 0 aliphatic heterocycles. The zero-order valence-corrected chi connectivity index (χ0v) is 14.8. The van der Waals surface area contributed by atoms with E-state index in [0.717, 1.165) is 28.7 Å². The Morgan fingerprint density at radius 2 is 2.11 bits per heavy atom. The maximum absolute atomic E-state index is 13.1. The number of nitrogens with one attached hydrogen (secondary N) is 2. The van der Waals surface area contributed by atoms with Crippen LogP contribution in [0.5, 0.6) is 0 Å². The van der Waals surface area contributed by atoms with E-state index in [1.807, 2.05) is 12.1 Å². The van der Waals surface area contributed by atoms with Crippen LogP contribution in [0, 0.1) is 18.3 Å². The summed E-state index contributed by atoms with van der Waals surface area (Å²) < 4.78 is 39.3. The summed E-state index contributed by atoms with van der Waals surface area (Å²) >= 11 is 0.795. The van der Waals surface area contributed by atoms with Crippen molar-refractivity contribution < 1.29 is 18.0 Å². The van der Waals surface area contributed by atoms with Gasteiger partial charge in [0.25, 0.3) is 0 Å². The van der Waals surface area contributed by atoms with Crippen molar-refractivity contribution in [3.63, 3.8) is 0 Å². The number of anilines is 1. The molecule has 2 aromatic heterocycles. The molecule has 2 N–H and O–H groups in total. The van der Waals surface area contributed by atoms with E-state index >= 15 is 0 Å². The zero-order chi connectivity index (χ0) is 19.6. The second-order valence-electron chi connectivity index (χ2n) is 5.72. The number of nitrogens with zero attached hydrogens (tertiary/aromatic N) is 2. The predicted molar refractivity (Wildman–Crippen MR) is 96.3 cm³/mol. The Labute approximate surface area is 156 Å². The molecule has 1 aromatic carbocycles. The van der Waals surface area contributed by atoms with E-state index in [0.29, 0.717) is 5.69 Å². The van der Waals surface area contributed by atoms with Crippen LogP contribution in [0.25, 0.3) is 10.9 Å². The first-order chi connectivity index (χ1) is 12.8. The lowest BCUT2D eigenvalue weighted by Gasteiger charge is -2.12. The lowest BCUT2D eigenvalue weighted by molar-refractivity contribution is -0.138. The van der Waals surface area contributed by atoms with Crippen molar-refractivity contribution in [1.82, 2.24) is 9.97 Å². The number of nitriles is 1. The van der Waals surface area contributed by atoms with Gasteiger partial charge in [-0.15, -0.1) is 0 Å². The summed E-state index contributed by atoms with van der Waals surface area (Å²) in [4.78, 5) is 19.2. The molecular formula is C18H13F3N4OS. The second kappa shape index (κ2) is 7.32. The molecule has 0 bridgehead atoms. The number of hydrogen-bond acceptors (Lipinski definition) is 4. The SMILES string of the molecule is Cc1cc(C(F)(F)F)c(C#N)c(SCC(=O)Nc2ccc3cc[nH]c3c2)n1. The first kappa shape index (κ1) is 18.8. The molecule has 0 aliphatic carbocycles. The highest BCUT2D eigenvalue weighted by Gasteiger charge is 2.35. The van der Waals surface area contributed by atoms with Gasteiger partial charge in [-0.2, -0.15) is 18.4 Å². The number of halogens is 3. The fourth-order valence-electron chi connectivity index (χ4n) is 2.54. The van der Waals surface area contributed by atoms with E-state index in [9.17, 15) is 18.0 Å². The molecular weight excluding hydrogens is 377 g/mol. The summed E-state index contributed by atoms with van der Waals surface area (Å²) in [6, 6.07) is 9.58. The minimum Gasteiger partial charge on any atom is -0.361 e. The molecule has 0 spiro atoms. The molecule has 0 saturated heterocycles. The van der Waals surface area contributed by atoms with Gasteiger partial charge in [0.2, 0.25) is 5.91 Å². The number of aromatic amines is 1. The van der Waals surface area contributed by atoms with Crippen LogP contribution >= 0.6 is 11.8 Å². The lowest BCUT2D eigenvalue weighted by Crippen LogP contribution is -2.15. The van der Waals surface area contributed by atoms with Crippen LogP contribution in [0.2, 0.25) is 0 Å². The third kappa shape index (κ3) is 4.23. The first-order valence-corrected chi connectivity index (χ1v) is 8.75. The molecule has 0 fully saturated rings. The maximum atomic E-state index is 13.1. The number of thioether (sulfide) groups is 1. The number of amides is 1. The standard InChI is InChI=1S/C18H13F3N4OS/c1-10-6-14(18(19,20)21)13(8-22)17(24-10)27-9-16(26)25-12-3-2-11-4-5-23-15(11)7-12/h2-7,23H,9H2,1H3,(H,25,26). The average molecular weight is 390 g/mol. The van der Waals surface area contributed by atoms with Gasteiger partial charge >= 0.3 is 6.18 Å². The molecule has 138 valence electrons. The van der Waals surface area contributed by atoms with Gasteiger partial charge in [0, 0.05) is 23.1 Å². The van der Waals surface area contributed by atoms with E-state index < -0.39 is 23.2 Å². The number of aromatic nitrogens is 2. The maximum Gasteiger partial charge on any atom is 0.417 e. The van der Waals surface area contributed by atoms with Crippen LogP contribution in [0.3, 0.4) is 0 Å². The van der Waals surface area contributed by atoms with Crippen LogP contribution in [0.1, 0.15) is 16.8 Å². The molecule has 3 rings (SSSR count). The summed E-state index contributed by atoms with van der Waals surface area (Å²) in [5.74, 6) is -0.586. The molecule has 2 heterocycles. The molecule has 27 heavy (non-hydrogen) atoms. The van der Waals surface area contributed by atoms with Gasteiger partial charge in [0.1, 0.15) is 11.1 Å². The zero-order valence-electron chi connectivity index (χ0n) is 14.0. The number of benzene rings is 1. The van der Waals surface area contributed by atoms with Crippen LogP contribution < -0.4 is 5.32 Å². The fraction of sp³-hybridized carbons (Fsp3) is 0.167. The van der Waals surface area contributed by atoms with E-state index in [2.05, 4.69) is 15.3 Å². The summed E-state index contributed by atoms with van der Waals surface area (Å²) in [6.45, 7) is 1.41. The number of fused-ring (bicyclic) bond motifs is 1. The number of carbonyl (C=O) groups excluding carboxylic acids is 1. The Morgan fingerprint density at radius 3 is 2.81 bits per heavy atom.